The molecule has 0 aliphatic carbocycles. The smallest absolute Gasteiger partial charge is 0.550 e. The Hall–Kier alpha value is -0.525. The minimum atomic E-state index is -0.909. The first kappa shape index (κ1) is 53.0. The number of hydrogen-bond acceptors (Lipinski definition) is 6. The van der Waals surface area contributed by atoms with Crippen LogP contribution >= 0.6 is 0 Å². The zero-order valence-corrected chi connectivity index (χ0v) is 31.6. The van der Waals surface area contributed by atoms with Crippen molar-refractivity contribution in [2.75, 3.05) is 0 Å². The van der Waals surface area contributed by atoms with E-state index in [1.807, 2.05) is 0 Å². The van der Waals surface area contributed by atoms with E-state index in [1.54, 1.807) is 0 Å². The van der Waals surface area contributed by atoms with Crippen molar-refractivity contribution in [2.45, 2.75) is 213 Å². The van der Waals surface area contributed by atoms with E-state index in [-0.39, 0.29) is 54.0 Å². The summed E-state index contributed by atoms with van der Waals surface area (Å²) in [5.74, 6) is -2.73. The summed E-state index contributed by atoms with van der Waals surface area (Å²) >= 11 is 0. The van der Waals surface area contributed by atoms with Crippen LogP contribution in [0.1, 0.15) is 213 Å². The van der Waals surface area contributed by atoms with Gasteiger partial charge in [-0.2, -0.15) is 0 Å². The first-order chi connectivity index (χ1) is 20.3. The van der Waals surface area contributed by atoms with Crippen LogP contribution in [0.3, 0.4) is 0 Å². The number of carboxylic acids is 3. The molecule has 252 valence electrons. The number of carbonyl (C=O) groups is 3. The van der Waals surface area contributed by atoms with E-state index >= 15 is 0 Å². The molecule has 44 heavy (non-hydrogen) atoms. The van der Waals surface area contributed by atoms with Gasteiger partial charge < -0.3 is 29.7 Å². The van der Waals surface area contributed by atoms with Crippen molar-refractivity contribution in [2.24, 2.45) is 0 Å². The molecular weight excluding hydrogens is 582 g/mol. The number of carbonyl (C=O) groups excluding carboxylic acids is 3. The van der Waals surface area contributed by atoms with Gasteiger partial charge in [-0.3, -0.25) is 0 Å². The first-order valence-electron chi connectivity index (χ1n) is 17.9. The first-order valence-corrected chi connectivity index (χ1v) is 17.9. The minimum absolute atomic E-state index is 0. The van der Waals surface area contributed by atoms with Crippen LogP contribution in [-0.4, -0.2) is 52.6 Å². The predicted octanol–water partition coefficient (Wildman–Crippen LogP) is 7.21. The number of carboxylic acid groups (broad SMARTS) is 3. The second-order valence-electron chi connectivity index (χ2n) is 11.9. The predicted molar refractivity (Wildman–Crippen MR) is 182 cm³/mol. The maximum atomic E-state index is 10.1. The fraction of sp³-hybridized carbons (Fsp3) is 0.917. The molecule has 0 saturated heterocycles. The van der Waals surface area contributed by atoms with Crippen LogP contribution < -0.4 is 15.3 Å². The van der Waals surface area contributed by atoms with E-state index in [0.29, 0.717) is 0 Å². The quantitative estimate of drug-likeness (QED) is 0.0598. The molecule has 0 radical (unpaired) electrons. The standard InChI is InChI=1S/3C12H24O2.2Al/c3*1-2-3-4-5-6-7-8-9-10-11-12(13)14;;/h3*2-11H2,1H3,(H,13,14);;/q;;;2*+3/p-3. The second kappa shape index (κ2) is 49.4. The van der Waals surface area contributed by atoms with Crippen molar-refractivity contribution >= 4 is 52.6 Å². The molecule has 0 aromatic rings. The van der Waals surface area contributed by atoms with Gasteiger partial charge in [0.05, 0.1) is 0 Å². The van der Waals surface area contributed by atoms with Crippen LogP contribution in [0.4, 0.5) is 0 Å². The fourth-order valence-electron chi connectivity index (χ4n) is 4.74. The third-order valence-corrected chi connectivity index (χ3v) is 7.45. The molecule has 0 atom stereocenters. The van der Waals surface area contributed by atoms with Crippen molar-refractivity contribution in [1.82, 2.24) is 0 Å². The molecule has 0 aromatic heterocycles. The van der Waals surface area contributed by atoms with Gasteiger partial charge in [0.2, 0.25) is 0 Å². The van der Waals surface area contributed by atoms with E-state index in [0.717, 1.165) is 38.5 Å². The fourth-order valence-corrected chi connectivity index (χ4v) is 4.74. The molecule has 0 spiro atoms. The minimum Gasteiger partial charge on any atom is -0.550 e. The normalized spacial score (nSPS) is 9.89. The largest absolute Gasteiger partial charge is 3.00 e. The van der Waals surface area contributed by atoms with Crippen molar-refractivity contribution < 1.29 is 29.7 Å². The Bertz CT molecular complexity index is 485. The van der Waals surface area contributed by atoms with E-state index < -0.39 is 17.9 Å². The van der Waals surface area contributed by atoms with E-state index in [1.165, 1.54) is 135 Å². The molecule has 8 heteroatoms. The summed E-state index contributed by atoms with van der Waals surface area (Å²) in [6.07, 6.45) is 33.5. The Kier molecular flexibility index (Phi) is 59.4. The Morgan fingerprint density at radius 2 is 0.432 bits per heavy atom. The maximum absolute atomic E-state index is 10.1. The summed E-state index contributed by atoms with van der Waals surface area (Å²) in [6.45, 7) is 6.67. The van der Waals surface area contributed by atoms with Crippen LogP contribution in [-0.2, 0) is 14.4 Å². The van der Waals surface area contributed by atoms with E-state index in [4.69, 9.17) is 0 Å². The molecule has 0 aromatic carbocycles. The monoisotopic (exact) mass is 651 g/mol. The Morgan fingerprint density at radius 3 is 0.568 bits per heavy atom. The summed E-state index contributed by atoms with van der Waals surface area (Å²) in [6, 6.07) is 0. The summed E-state index contributed by atoms with van der Waals surface area (Å²) in [5, 5.41) is 30.3. The van der Waals surface area contributed by atoms with Crippen LogP contribution in [0.2, 0.25) is 0 Å². The molecule has 0 heterocycles. The number of unbranched alkanes of at least 4 members (excludes halogenated alkanes) is 24. The maximum Gasteiger partial charge on any atom is 3.00 e. The Balaban J connectivity index is -0.000000169. The molecule has 0 aliphatic rings. The van der Waals surface area contributed by atoms with Crippen LogP contribution in [0, 0.1) is 0 Å². The van der Waals surface area contributed by atoms with Crippen molar-refractivity contribution in [1.29, 1.82) is 0 Å². The zero-order chi connectivity index (χ0) is 31.9. The van der Waals surface area contributed by atoms with Crippen molar-refractivity contribution in [3.63, 3.8) is 0 Å². The second-order valence-corrected chi connectivity index (χ2v) is 11.9. The third kappa shape index (κ3) is 64.4. The van der Waals surface area contributed by atoms with E-state index in [9.17, 15) is 29.7 Å². The topological polar surface area (TPSA) is 120 Å². The molecule has 0 saturated carbocycles. The van der Waals surface area contributed by atoms with Crippen molar-refractivity contribution in [3.05, 3.63) is 0 Å². The molecule has 0 fully saturated rings. The van der Waals surface area contributed by atoms with Crippen LogP contribution in [0.5, 0.6) is 0 Å². The zero-order valence-electron chi connectivity index (χ0n) is 29.3. The third-order valence-electron chi connectivity index (χ3n) is 7.45. The van der Waals surface area contributed by atoms with Gasteiger partial charge in [0.25, 0.3) is 0 Å². The van der Waals surface area contributed by atoms with Gasteiger partial charge in [-0.1, -0.05) is 175 Å². The van der Waals surface area contributed by atoms with Gasteiger partial charge in [-0.15, -0.1) is 0 Å². The average molecular weight is 652 g/mol. The summed E-state index contributed by atoms with van der Waals surface area (Å²) < 4.78 is 0. The molecule has 0 amide bonds. The molecule has 6 nitrogen and oxygen atoms in total. The average Bonchev–Trinajstić information content (AvgIpc) is 2.95. The van der Waals surface area contributed by atoms with Gasteiger partial charge in [0, 0.05) is 17.9 Å². The summed E-state index contributed by atoms with van der Waals surface area (Å²) in [4.78, 5) is 30.3. The molecular formula is C36H69Al2O6+3. The van der Waals surface area contributed by atoms with Gasteiger partial charge in [-0.05, 0) is 38.5 Å². The number of rotatable bonds is 30. The summed E-state index contributed by atoms with van der Waals surface area (Å²) in [7, 11) is 0. The molecule has 0 unspecified atom stereocenters. The molecule has 0 rings (SSSR count). The van der Waals surface area contributed by atoms with Gasteiger partial charge in [0.1, 0.15) is 0 Å². The van der Waals surface area contributed by atoms with Gasteiger partial charge >= 0.3 is 34.7 Å². The number of aliphatic carboxylic acids is 3. The molecule has 0 bridgehead atoms. The van der Waals surface area contributed by atoms with Crippen LogP contribution in [0.25, 0.3) is 0 Å². The Morgan fingerprint density at radius 1 is 0.295 bits per heavy atom. The summed E-state index contributed by atoms with van der Waals surface area (Å²) in [5.41, 5.74) is 0. The molecule has 0 aliphatic heterocycles. The van der Waals surface area contributed by atoms with Gasteiger partial charge in [-0.25, -0.2) is 0 Å². The van der Waals surface area contributed by atoms with Crippen LogP contribution in [0.15, 0.2) is 0 Å². The molecule has 0 N–H and O–H groups in total. The van der Waals surface area contributed by atoms with Gasteiger partial charge in [0.15, 0.2) is 0 Å². The van der Waals surface area contributed by atoms with E-state index in [2.05, 4.69) is 20.8 Å². The SMILES string of the molecule is CCCCCCCCCCCC(=O)[O-].CCCCCCCCCCCC(=O)[O-].CCCCCCCCCCCC(=O)[O-].[Al+3].[Al+3]. The van der Waals surface area contributed by atoms with Crippen molar-refractivity contribution in [3.8, 4) is 0 Å². The number of hydrogen-bond donors (Lipinski definition) is 0. The Labute approximate surface area is 294 Å².